The molecule has 0 spiro atoms. The smallest absolute Gasteiger partial charge is 0.264 e. The lowest BCUT2D eigenvalue weighted by Gasteiger charge is -2.29. The zero-order chi connectivity index (χ0) is 15.4. The normalized spacial score (nSPS) is 27.9. The van der Waals surface area contributed by atoms with E-state index in [9.17, 15) is 26.4 Å². The van der Waals surface area contributed by atoms with Gasteiger partial charge in [-0.2, -0.15) is 8.42 Å². The molecule has 7 nitrogen and oxygen atoms in total. The Morgan fingerprint density at radius 2 is 1.55 bits per heavy atom. The van der Waals surface area contributed by atoms with Gasteiger partial charge >= 0.3 is 0 Å². The molecule has 1 saturated carbocycles. The van der Waals surface area contributed by atoms with Gasteiger partial charge in [-0.25, -0.2) is 8.42 Å². The molecule has 20 heavy (non-hydrogen) atoms. The molecule has 1 N–H and O–H groups in total. The highest BCUT2D eigenvalue weighted by Gasteiger charge is 2.36. The quantitative estimate of drug-likeness (QED) is 0.510. The fraction of sp³-hybridized carbons (Fsp3) is 0.818. The molecule has 1 aliphatic rings. The third kappa shape index (κ3) is 4.95. The van der Waals surface area contributed by atoms with Crippen LogP contribution in [0.1, 0.15) is 25.7 Å². The summed E-state index contributed by atoms with van der Waals surface area (Å²) in [6, 6.07) is 0. The van der Waals surface area contributed by atoms with Crippen molar-refractivity contribution in [2.24, 2.45) is 11.8 Å². The van der Waals surface area contributed by atoms with Crippen LogP contribution < -0.4 is 0 Å². The molecular formula is C11H18O7S2. The first-order valence-electron chi connectivity index (χ1n) is 6.27. The maximum absolute atomic E-state index is 12.0. The molecule has 116 valence electrons. The van der Waals surface area contributed by atoms with Crippen LogP contribution in [-0.2, 0) is 29.5 Å². The van der Waals surface area contributed by atoms with E-state index in [-0.39, 0.29) is 18.6 Å². The molecule has 0 heterocycles. The molecule has 0 aromatic rings. The van der Waals surface area contributed by atoms with Crippen LogP contribution in [0.15, 0.2) is 0 Å². The van der Waals surface area contributed by atoms with E-state index in [0.29, 0.717) is 25.4 Å². The van der Waals surface area contributed by atoms with Crippen LogP contribution in [0.25, 0.3) is 0 Å². The summed E-state index contributed by atoms with van der Waals surface area (Å²) in [4.78, 5) is 21.6. The SMILES string of the molecule is O=CC1CCC(S(=O)(=O)CCCS(=O)(=O)O)CC1C=O. The molecular weight excluding hydrogens is 308 g/mol. The minimum absolute atomic E-state index is 0.0983. The highest BCUT2D eigenvalue weighted by molar-refractivity contribution is 7.92. The van der Waals surface area contributed by atoms with Crippen molar-refractivity contribution in [1.29, 1.82) is 0 Å². The molecule has 0 aromatic carbocycles. The number of carbonyl (C=O) groups excluding carboxylic acids is 2. The molecule has 0 saturated heterocycles. The van der Waals surface area contributed by atoms with E-state index in [1.54, 1.807) is 0 Å². The molecule has 0 bridgehead atoms. The second-order valence-electron chi connectivity index (χ2n) is 5.04. The highest BCUT2D eigenvalue weighted by Crippen LogP contribution is 2.31. The number of carbonyl (C=O) groups is 2. The van der Waals surface area contributed by atoms with Gasteiger partial charge in [0.05, 0.1) is 16.8 Å². The van der Waals surface area contributed by atoms with Crippen molar-refractivity contribution in [3.63, 3.8) is 0 Å². The average molecular weight is 326 g/mol. The zero-order valence-corrected chi connectivity index (χ0v) is 12.5. The van der Waals surface area contributed by atoms with Gasteiger partial charge in [0.2, 0.25) is 0 Å². The van der Waals surface area contributed by atoms with E-state index >= 15 is 0 Å². The molecule has 9 heteroatoms. The predicted molar refractivity (Wildman–Crippen MR) is 71.6 cm³/mol. The van der Waals surface area contributed by atoms with Crippen molar-refractivity contribution in [3.8, 4) is 0 Å². The monoisotopic (exact) mass is 326 g/mol. The summed E-state index contributed by atoms with van der Waals surface area (Å²) < 4.78 is 53.8. The lowest BCUT2D eigenvalue weighted by atomic mass is 9.81. The van der Waals surface area contributed by atoms with E-state index in [0.717, 1.165) is 0 Å². The predicted octanol–water partition coefficient (Wildman–Crippen LogP) is -0.138. The Labute approximate surface area is 118 Å². The lowest BCUT2D eigenvalue weighted by molar-refractivity contribution is -0.120. The number of sulfone groups is 1. The summed E-state index contributed by atoms with van der Waals surface area (Å²) in [6.45, 7) is 0. The van der Waals surface area contributed by atoms with E-state index in [1.807, 2.05) is 0 Å². The maximum Gasteiger partial charge on any atom is 0.264 e. The zero-order valence-electron chi connectivity index (χ0n) is 10.8. The van der Waals surface area contributed by atoms with Crippen molar-refractivity contribution in [1.82, 2.24) is 0 Å². The van der Waals surface area contributed by atoms with Gasteiger partial charge in [0.25, 0.3) is 10.1 Å². The summed E-state index contributed by atoms with van der Waals surface area (Å²) in [6.07, 6.45) is 1.85. The first-order chi connectivity index (χ1) is 9.19. The third-order valence-corrected chi connectivity index (χ3v) is 6.70. The summed E-state index contributed by atoms with van der Waals surface area (Å²) >= 11 is 0. The van der Waals surface area contributed by atoms with Crippen LogP contribution in [-0.4, -0.2) is 50.7 Å². The maximum atomic E-state index is 12.0. The van der Waals surface area contributed by atoms with Crippen LogP contribution >= 0.6 is 0 Å². The molecule has 1 aliphatic carbocycles. The van der Waals surface area contributed by atoms with Crippen molar-refractivity contribution < 1.29 is 31.0 Å². The van der Waals surface area contributed by atoms with Gasteiger partial charge in [-0.05, 0) is 25.7 Å². The van der Waals surface area contributed by atoms with E-state index in [4.69, 9.17) is 4.55 Å². The van der Waals surface area contributed by atoms with Gasteiger partial charge in [-0.1, -0.05) is 0 Å². The van der Waals surface area contributed by atoms with Gasteiger partial charge in [-0.3, -0.25) is 4.55 Å². The second-order valence-corrected chi connectivity index (χ2v) is 9.01. The Balaban J connectivity index is 2.64. The minimum atomic E-state index is -4.17. The second kappa shape index (κ2) is 6.77. The highest BCUT2D eigenvalue weighted by atomic mass is 32.2. The summed E-state index contributed by atoms with van der Waals surface area (Å²) in [5.74, 6) is -1.98. The molecule has 0 aromatic heterocycles. The largest absolute Gasteiger partial charge is 0.303 e. The molecule has 3 atom stereocenters. The molecule has 0 amide bonds. The molecule has 3 unspecified atom stereocenters. The Morgan fingerprint density at radius 1 is 0.950 bits per heavy atom. The topological polar surface area (TPSA) is 123 Å². The molecule has 0 radical (unpaired) electrons. The van der Waals surface area contributed by atoms with Crippen LogP contribution in [0.5, 0.6) is 0 Å². The fourth-order valence-corrected chi connectivity index (χ4v) is 5.03. The summed E-state index contributed by atoms with van der Waals surface area (Å²) in [5, 5.41) is -0.727. The van der Waals surface area contributed by atoms with Gasteiger partial charge in [0, 0.05) is 11.8 Å². The number of rotatable bonds is 7. The third-order valence-electron chi connectivity index (χ3n) is 3.60. The number of hydrogen-bond donors (Lipinski definition) is 1. The van der Waals surface area contributed by atoms with E-state index in [1.165, 1.54) is 0 Å². The van der Waals surface area contributed by atoms with Crippen molar-refractivity contribution in [2.75, 3.05) is 11.5 Å². The molecule has 1 rings (SSSR count). The first-order valence-corrected chi connectivity index (χ1v) is 9.59. The number of aldehydes is 2. The minimum Gasteiger partial charge on any atom is -0.303 e. The van der Waals surface area contributed by atoms with E-state index < -0.39 is 42.8 Å². The summed E-state index contributed by atoms with van der Waals surface area (Å²) in [7, 11) is -7.70. The van der Waals surface area contributed by atoms with Crippen molar-refractivity contribution >= 4 is 32.5 Å². The van der Waals surface area contributed by atoms with Crippen LogP contribution in [0.3, 0.4) is 0 Å². The van der Waals surface area contributed by atoms with Crippen molar-refractivity contribution in [2.45, 2.75) is 30.9 Å². The first kappa shape index (κ1) is 17.3. The van der Waals surface area contributed by atoms with Gasteiger partial charge in [0.15, 0.2) is 9.84 Å². The Morgan fingerprint density at radius 3 is 2.05 bits per heavy atom. The Kier molecular flexibility index (Phi) is 5.84. The van der Waals surface area contributed by atoms with Crippen LogP contribution in [0.2, 0.25) is 0 Å². The summed E-state index contributed by atoms with van der Waals surface area (Å²) in [5.41, 5.74) is 0. The van der Waals surface area contributed by atoms with Gasteiger partial charge < -0.3 is 9.59 Å². The Hall–Kier alpha value is -0.800. The lowest BCUT2D eigenvalue weighted by Crippen LogP contribution is -2.36. The standard InChI is InChI=1S/C11H18O7S2/c12-7-9-2-3-11(6-10(9)8-13)19(14,15)4-1-5-20(16,17)18/h7-11H,1-6H2,(H,16,17,18). The van der Waals surface area contributed by atoms with Crippen LogP contribution in [0.4, 0.5) is 0 Å². The molecule has 0 aliphatic heterocycles. The Bertz CT molecular complexity index is 549. The van der Waals surface area contributed by atoms with Crippen molar-refractivity contribution in [3.05, 3.63) is 0 Å². The van der Waals surface area contributed by atoms with E-state index in [2.05, 4.69) is 0 Å². The average Bonchev–Trinajstić information content (AvgIpc) is 2.36. The molecule has 1 fully saturated rings. The van der Waals surface area contributed by atoms with Gasteiger partial charge in [-0.15, -0.1) is 0 Å². The fourth-order valence-electron chi connectivity index (χ4n) is 2.45. The number of hydrogen-bond acceptors (Lipinski definition) is 6. The van der Waals surface area contributed by atoms with Crippen LogP contribution in [0, 0.1) is 11.8 Å². The van der Waals surface area contributed by atoms with Gasteiger partial charge in [0.1, 0.15) is 12.6 Å².